The Morgan fingerprint density at radius 1 is 1.31 bits per heavy atom. The van der Waals surface area contributed by atoms with Gasteiger partial charge in [0.25, 0.3) is 0 Å². The lowest BCUT2D eigenvalue weighted by molar-refractivity contribution is -0.0959. The van der Waals surface area contributed by atoms with Crippen LogP contribution in [0.2, 0.25) is 0 Å². The van der Waals surface area contributed by atoms with Gasteiger partial charge in [-0.1, -0.05) is 15.9 Å². The van der Waals surface area contributed by atoms with Crippen molar-refractivity contribution < 1.29 is 26.7 Å². The van der Waals surface area contributed by atoms with E-state index >= 15 is 0 Å². The van der Waals surface area contributed by atoms with E-state index in [1.54, 1.807) is 0 Å². The van der Waals surface area contributed by atoms with Crippen molar-refractivity contribution in [3.05, 3.63) is 34.1 Å². The number of halogens is 6. The van der Waals surface area contributed by atoms with Gasteiger partial charge in [-0.2, -0.15) is 8.78 Å². The molecule has 7 heteroatoms. The highest BCUT2D eigenvalue weighted by Gasteiger charge is 2.49. The summed E-state index contributed by atoms with van der Waals surface area (Å²) in [4.78, 5) is 11.0. The average Bonchev–Trinajstić information content (AvgIpc) is 2.20. The second-order valence-corrected chi connectivity index (χ2v) is 3.79. The van der Waals surface area contributed by atoms with E-state index < -0.39 is 29.5 Å². The first kappa shape index (κ1) is 13.1. The van der Waals surface area contributed by atoms with Crippen LogP contribution in [0.25, 0.3) is 0 Å². The minimum atomic E-state index is -4.89. The number of ketones is 1. The highest BCUT2D eigenvalue weighted by molar-refractivity contribution is 9.10. The molecule has 0 saturated heterocycles. The maximum Gasteiger partial charge on any atom is 0.368 e. The monoisotopic (exact) mass is 302 g/mol. The molecule has 0 amide bonds. The van der Waals surface area contributed by atoms with Crippen LogP contribution in [0, 0.1) is 5.82 Å². The average molecular weight is 303 g/mol. The van der Waals surface area contributed by atoms with Crippen molar-refractivity contribution >= 4 is 21.7 Å². The van der Waals surface area contributed by atoms with Gasteiger partial charge in [-0.05, 0) is 18.2 Å². The summed E-state index contributed by atoms with van der Waals surface area (Å²) >= 11 is 2.82. The Kier molecular flexibility index (Phi) is 3.67. The highest BCUT2D eigenvalue weighted by atomic mass is 79.9. The number of Topliss-reactive ketones (excluding diaryl/α,β-unsaturated/α-hetero) is 1. The Morgan fingerprint density at radius 2 is 1.88 bits per heavy atom. The van der Waals surface area contributed by atoms with Gasteiger partial charge in [-0.3, -0.25) is 4.79 Å². The van der Waals surface area contributed by atoms with Crippen LogP contribution in [-0.2, 0) is 0 Å². The Bertz CT molecular complexity index is 418. The van der Waals surface area contributed by atoms with E-state index in [1.807, 2.05) is 0 Å². The van der Waals surface area contributed by atoms with E-state index in [4.69, 9.17) is 0 Å². The first-order valence-electron chi connectivity index (χ1n) is 3.92. The van der Waals surface area contributed by atoms with Gasteiger partial charge >= 0.3 is 12.3 Å². The second kappa shape index (κ2) is 4.48. The zero-order valence-electron chi connectivity index (χ0n) is 7.49. The molecule has 1 rings (SSSR count). The van der Waals surface area contributed by atoms with Crippen LogP contribution < -0.4 is 0 Å². The SMILES string of the molecule is O=C(c1cc(Br)ccc1F)C(F)(F)C(F)F. The second-order valence-electron chi connectivity index (χ2n) is 2.88. The molecule has 1 aromatic rings. The van der Waals surface area contributed by atoms with Crippen LogP contribution >= 0.6 is 15.9 Å². The van der Waals surface area contributed by atoms with Gasteiger partial charge in [0, 0.05) is 4.47 Å². The fourth-order valence-corrected chi connectivity index (χ4v) is 1.31. The first-order chi connectivity index (χ1) is 7.26. The summed E-state index contributed by atoms with van der Waals surface area (Å²) in [6.07, 6.45) is -4.17. The maximum absolute atomic E-state index is 13.0. The van der Waals surface area contributed by atoms with E-state index in [2.05, 4.69) is 15.9 Å². The summed E-state index contributed by atoms with van der Waals surface area (Å²) in [6, 6.07) is 2.62. The number of carbonyl (C=O) groups excluding carboxylic acids is 1. The largest absolute Gasteiger partial charge is 0.368 e. The van der Waals surface area contributed by atoms with Crippen LogP contribution in [0.15, 0.2) is 22.7 Å². The van der Waals surface area contributed by atoms with Crippen LogP contribution in [0.5, 0.6) is 0 Å². The van der Waals surface area contributed by atoms with Crippen molar-refractivity contribution in [1.29, 1.82) is 0 Å². The third-order valence-electron chi connectivity index (χ3n) is 1.75. The highest BCUT2D eigenvalue weighted by Crippen LogP contribution is 2.29. The smallest absolute Gasteiger partial charge is 0.287 e. The molecule has 0 aliphatic rings. The quantitative estimate of drug-likeness (QED) is 0.615. The number of hydrogen-bond donors (Lipinski definition) is 0. The van der Waals surface area contributed by atoms with Crippen LogP contribution in [0.3, 0.4) is 0 Å². The first-order valence-corrected chi connectivity index (χ1v) is 4.72. The lowest BCUT2D eigenvalue weighted by atomic mass is 10.1. The molecule has 88 valence electrons. The number of carbonyl (C=O) groups is 1. The number of alkyl halides is 4. The molecule has 0 spiro atoms. The number of hydrogen-bond acceptors (Lipinski definition) is 1. The molecule has 1 nitrogen and oxygen atoms in total. The Morgan fingerprint density at radius 3 is 2.38 bits per heavy atom. The minimum absolute atomic E-state index is 0.141. The summed E-state index contributed by atoms with van der Waals surface area (Å²) in [5.41, 5.74) is -1.07. The van der Waals surface area contributed by atoms with E-state index in [-0.39, 0.29) is 4.47 Å². The van der Waals surface area contributed by atoms with Gasteiger partial charge in [0.05, 0.1) is 5.56 Å². The van der Waals surface area contributed by atoms with Gasteiger partial charge in [-0.25, -0.2) is 13.2 Å². The molecular formula is C9H4BrF5O. The van der Waals surface area contributed by atoms with Crippen molar-refractivity contribution in [3.8, 4) is 0 Å². The molecule has 0 aromatic heterocycles. The lowest BCUT2D eigenvalue weighted by Gasteiger charge is -2.14. The molecule has 0 bridgehead atoms. The van der Waals surface area contributed by atoms with Gasteiger partial charge in [-0.15, -0.1) is 0 Å². The van der Waals surface area contributed by atoms with E-state index in [0.29, 0.717) is 0 Å². The molecule has 0 fully saturated rings. The molecule has 0 heterocycles. The standard InChI is InChI=1S/C9H4BrF5O/c10-4-1-2-6(11)5(3-4)7(16)9(14,15)8(12)13/h1-3,8H. The molecule has 0 unspecified atom stereocenters. The molecule has 0 radical (unpaired) electrons. The summed E-state index contributed by atoms with van der Waals surface area (Å²) in [5, 5.41) is 0. The predicted molar refractivity (Wildman–Crippen MR) is 49.4 cm³/mol. The molecule has 0 aliphatic heterocycles. The third-order valence-corrected chi connectivity index (χ3v) is 2.24. The summed E-state index contributed by atoms with van der Waals surface area (Å²) in [5.74, 6) is -8.39. The number of rotatable bonds is 3. The van der Waals surface area contributed by atoms with Crippen molar-refractivity contribution in [2.24, 2.45) is 0 Å². The zero-order chi connectivity index (χ0) is 12.5. The van der Waals surface area contributed by atoms with Crippen molar-refractivity contribution in [2.75, 3.05) is 0 Å². The van der Waals surface area contributed by atoms with Crippen LogP contribution in [0.1, 0.15) is 10.4 Å². The Balaban J connectivity index is 3.19. The van der Waals surface area contributed by atoms with Gasteiger partial charge < -0.3 is 0 Å². The summed E-state index contributed by atoms with van der Waals surface area (Å²) < 4.78 is 62.2. The molecule has 0 saturated carbocycles. The van der Waals surface area contributed by atoms with Gasteiger partial charge in [0.15, 0.2) is 0 Å². The van der Waals surface area contributed by atoms with Crippen LogP contribution in [-0.4, -0.2) is 18.1 Å². The van der Waals surface area contributed by atoms with E-state index in [9.17, 15) is 26.7 Å². The third kappa shape index (κ3) is 2.40. The fourth-order valence-electron chi connectivity index (χ4n) is 0.950. The fraction of sp³-hybridized carbons (Fsp3) is 0.222. The Hall–Kier alpha value is -0.980. The molecule has 0 N–H and O–H groups in total. The molecule has 0 aliphatic carbocycles. The topological polar surface area (TPSA) is 17.1 Å². The van der Waals surface area contributed by atoms with Gasteiger partial charge in [0.2, 0.25) is 5.78 Å². The lowest BCUT2D eigenvalue weighted by Crippen LogP contribution is -2.37. The summed E-state index contributed by atoms with van der Waals surface area (Å²) in [6.45, 7) is 0. The van der Waals surface area contributed by atoms with E-state index in [0.717, 1.165) is 18.2 Å². The number of benzene rings is 1. The maximum atomic E-state index is 13.0. The normalized spacial score (nSPS) is 11.9. The van der Waals surface area contributed by atoms with E-state index in [1.165, 1.54) is 0 Å². The predicted octanol–water partition coefficient (Wildman–Crippen LogP) is 3.67. The Labute approximate surface area is 95.4 Å². The molecule has 0 atom stereocenters. The van der Waals surface area contributed by atoms with Crippen LogP contribution in [0.4, 0.5) is 22.0 Å². The molecular weight excluding hydrogens is 299 g/mol. The van der Waals surface area contributed by atoms with Crippen molar-refractivity contribution in [1.82, 2.24) is 0 Å². The summed E-state index contributed by atoms with van der Waals surface area (Å²) in [7, 11) is 0. The van der Waals surface area contributed by atoms with Crippen molar-refractivity contribution in [2.45, 2.75) is 12.3 Å². The molecule has 16 heavy (non-hydrogen) atoms. The van der Waals surface area contributed by atoms with Crippen molar-refractivity contribution in [3.63, 3.8) is 0 Å². The minimum Gasteiger partial charge on any atom is -0.287 e. The molecule has 1 aromatic carbocycles. The zero-order valence-corrected chi connectivity index (χ0v) is 9.07. The van der Waals surface area contributed by atoms with Gasteiger partial charge in [0.1, 0.15) is 5.82 Å².